The van der Waals surface area contributed by atoms with E-state index in [4.69, 9.17) is 5.73 Å². The van der Waals surface area contributed by atoms with Crippen molar-refractivity contribution < 1.29 is 0 Å². The average Bonchev–Trinajstić information content (AvgIpc) is 3.03. The molecule has 0 spiro atoms. The largest absolute Gasteiger partial charge is 0.324 e. The molecule has 1 heteroatoms. The third-order valence-electron chi connectivity index (χ3n) is 8.99. The molecule has 0 aromatic carbocycles. The maximum absolute atomic E-state index is 6.24. The maximum atomic E-state index is 6.24. The summed E-state index contributed by atoms with van der Waals surface area (Å²) in [7, 11) is 0. The van der Waals surface area contributed by atoms with Gasteiger partial charge in [0.1, 0.15) is 0 Å². The van der Waals surface area contributed by atoms with Crippen molar-refractivity contribution >= 4 is 0 Å². The van der Waals surface area contributed by atoms with E-state index in [0.717, 1.165) is 35.5 Å². The minimum Gasteiger partial charge on any atom is -0.324 e. The van der Waals surface area contributed by atoms with E-state index in [0.29, 0.717) is 5.92 Å². The van der Waals surface area contributed by atoms with E-state index in [1.165, 1.54) is 70.6 Å². The Bertz CT molecular complexity index is 641. The van der Waals surface area contributed by atoms with Crippen LogP contribution in [0.3, 0.4) is 0 Å². The predicted octanol–water partition coefficient (Wildman–Crippen LogP) is 6.42. The van der Waals surface area contributed by atoms with Gasteiger partial charge in [-0.2, -0.15) is 0 Å². The minimum atomic E-state index is 0.283. The van der Waals surface area contributed by atoms with Crippen molar-refractivity contribution in [2.24, 2.45) is 47.2 Å². The molecule has 148 valence electrons. The Morgan fingerprint density at radius 1 is 0.815 bits per heavy atom. The van der Waals surface area contributed by atoms with Crippen LogP contribution in [0.15, 0.2) is 35.5 Å². The lowest BCUT2D eigenvalue weighted by molar-refractivity contribution is 0.222. The van der Waals surface area contributed by atoms with Gasteiger partial charge >= 0.3 is 0 Å². The number of nitrogens with two attached hydrogens (primary N) is 1. The van der Waals surface area contributed by atoms with Gasteiger partial charge in [-0.1, -0.05) is 55.2 Å². The van der Waals surface area contributed by atoms with Gasteiger partial charge < -0.3 is 5.73 Å². The summed E-state index contributed by atoms with van der Waals surface area (Å²) in [6.45, 7) is 2.46. The van der Waals surface area contributed by atoms with Crippen molar-refractivity contribution in [1.29, 1.82) is 0 Å². The smallest absolute Gasteiger partial charge is 0.0226 e. The molecular formula is C26H39N. The SMILES string of the molecule is CC1CC(N)C=CC1C1=C(C2C3CCC=CC3C3CCCCC32)CCCC1. The van der Waals surface area contributed by atoms with Crippen molar-refractivity contribution in [3.63, 3.8) is 0 Å². The molecule has 0 amide bonds. The molecule has 0 aliphatic heterocycles. The fraction of sp³-hybridized carbons (Fsp3) is 0.769. The van der Waals surface area contributed by atoms with E-state index in [1.807, 2.05) is 11.1 Å². The molecular weight excluding hydrogens is 326 g/mol. The van der Waals surface area contributed by atoms with Crippen molar-refractivity contribution in [2.45, 2.75) is 83.6 Å². The molecule has 0 aromatic heterocycles. The zero-order valence-corrected chi connectivity index (χ0v) is 17.3. The molecule has 2 saturated carbocycles. The van der Waals surface area contributed by atoms with E-state index in [9.17, 15) is 0 Å². The van der Waals surface area contributed by atoms with Gasteiger partial charge in [-0.05, 0) is 93.3 Å². The fourth-order valence-electron chi connectivity index (χ4n) is 7.98. The normalized spacial score (nSPS) is 47.0. The molecule has 5 rings (SSSR count). The Balaban J connectivity index is 1.54. The van der Waals surface area contributed by atoms with E-state index in [2.05, 4.69) is 31.2 Å². The molecule has 5 aliphatic carbocycles. The molecule has 0 aromatic rings. The quantitative estimate of drug-likeness (QED) is 0.562. The lowest BCUT2D eigenvalue weighted by atomic mass is 9.66. The fourth-order valence-corrected chi connectivity index (χ4v) is 7.98. The lowest BCUT2D eigenvalue weighted by Gasteiger charge is -2.39. The van der Waals surface area contributed by atoms with Gasteiger partial charge in [0, 0.05) is 12.0 Å². The molecule has 1 nitrogen and oxygen atoms in total. The van der Waals surface area contributed by atoms with Gasteiger partial charge in [0.2, 0.25) is 0 Å². The van der Waals surface area contributed by atoms with Crippen LogP contribution in [0.5, 0.6) is 0 Å². The second kappa shape index (κ2) is 7.54. The summed E-state index contributed by atoms with van der Waals surface area (Å²) in [5, 5.41) is 0. The molecule has 2 fully saturated rings. The van der Waals surface area contributed by atoms with Crippen LogP contribution >= 0.6 is 0 Å². The zero-order valence-electron chi connectivity index (χ0n) is 17.3. The molecule has 0 saturated heterocycles. The topological polar surface area (TPSA) is 26.0 Å². The highest BCUT2D eigenvalue weighted by molar-refractivity contribution is 5.31. The highest BCUT2D eigenvalue weighted by atomic mass is 14.6. The first kappa shape index (κ1) is 18.2. The van der Waals surface area contributed by atoms with Crippen molar-refractivity contribution in [2.75, 3.05) is 0 Å². The minimum absolute atomic E-state index is 0.283. The van der Waals surface area contributed by atoms with E-state index < -0.39 is 0 Å². The number of fused-ring (bicyclic) bond motifs is 3. The van der Waals surface area contributed by atoms with Crippen molar-refractivity contribution in [1.82, 2.24) is 0 Å². The maximum Gasteiger partial charge on any atom is 0.0226 e. The van der Waals surface area contributed by atoms with E-state index >= 15 is 0 Å². The Morgan fingerprint density at radius 3 is 2.41 bits per heavy atom. The second-order valence-electron chi connectivity index (χ2n) is 10.4. The van der Waals surface area contributed by atoms with Crippen LogP contribution in [0.25, 0.3) is 0 Å². The molecule has 8 unspecified atom stereocenters. The monoisotopic (exact) mass is 365 g/mol. The summed E-state index contributed by atoms with van der Waals surface area (Å²) in [5.74, 6) is 6.16. The predicted molar refractivity (Wildman–Crippen MR) is 114 cm³/mol. The van der Waals surface area contributed by atoms with Crippen molar-refractivity contribution in [3.8, 4) is 0 Å². The van der Waals surface area contributed by atoms with Gasteiger partial charge in [-0.25, -0.2) is 0 Å². The van der Waals surface area contributed by atoms with Crippen LogP contribution in [-0.4, -0.2) is 6.04 Å². The molecule has 0 bridgehead atoms. The van der Waals surface area contributed by atoms with E-state index in [-0.39, 0.29) is 6.04 Å². The first-order valence-electron chi connectivity index (χ1n) is 12.1. The highest BCUT2D eigenvalue weighted by Gasteiger charge is 2.51. The van der Waals surface area contributed by atoms with E-state index in [1.54, 1.807) is 0 Å². The van der Waals surface area contributed by atoms with Crippen LogP contribution in [0, 0.1) is 41.4 Å². The number of rotatable bonds is 2. The molecule has 5 aliphatic rings. The Hall–Kier alpha value is -0.820. The second-order valence-corrected chi connectivity index (χ2v) is 10.4. The zero-order chi connectivity index (χ0) is 18.4. The third-order valence-corrected chi connectivity index (χ3v) is 8.99. The van der Waals surface area contributed by atoms with Gasteiger partial charge in [0.25, 0.3) is 0 Å². The van der Waals surface area contributed by atoms with Gasteiger partial charge in [-0.15, -0.1) is 0 Å². The Kier molecular flexibility index (Phi) is 5.09. The number of hydrogen-bond acceptors (Lipinski definition) is 1. The summed E-state index contributed by atoms with van der Waals surface area (Å²) in [6.07, 6.45) is 25.5. The van der Waals surface area contributed by atoms with Crippen LogP contribution < -0.4 is 5.73 Å². The Labute approximate surface area is 166 Å². The molecule has 0 heterocycles. The Morgan fingerprint density at radius 2 is 1.59 bits per heavy atom. The highest BCUT2D eigenvalue weighted by Crippen LogP contribution is 2.60. The average molecular weight is 366 g/mol. The van der Waals surface area contributed by atoms with Crippen LogP contribution in [0.2, 0.25) is 0 Å². The summed E-state index contributed by atoms with van der Waals surface area (Å²) >= 11 is 0. The third kappa shape index (κ3) is 3.18. The van der Waals surface area contributed by atoms with Gasteiger partial charge in [-0.3, -0.25) is 0 Å². The molecule has 0 radical (unpaired) electrons. The molecule has 27 heavy (non-hydrogen) atoms. The molecule has 2 N–H and O–H groups in total. The van der Waals surface area contributed by atoms with Crippen LogP contribution in [0.4, 0.5) is 0 Å². The first-order chi connectivity index (χ1) is 13.2. The summed E-state index contributed by atoms with van der Waals surface area (Å²) < 4.78 is 0. The number of hydrogen-bond donors (Lipinski definition) is 1. The summed E-state index contributed by atoms with van der Waals surface area (Å²) in [4.78, 5) is 0. The van der Waals surface area contributed by atoms with Crippen LogP contribution in [0.1, 0.15) is 77.6 Å². The summed E-state index contributed by atoms with van der Waals surface area (Å²) in [6, 6.07) is 0.283. The summed E-state index contributed by atoms with van der Waals surface area (Å²) in [5.41, 5.74) is 10.1. The van der Waals surface area contributed by atoms with Gasteiger partial charge in [0.05, 0.1) is 0 Å². The van der Waals surface area contributed by atoms with Crippen LogP contribution in [-0.2, 0) is 0 Å². The van der Waals surface area contributed by atoms with Crippen molar-refractivity contribution in [3.05, 3.63) is 35.5 Å². The molecule has 8 atom stereocenters. The number of allylic oxidation sites excluding steroid dienone is 5. The lowest BCUT2D eigenvalue weighted by Crippen LogP contribution is -2.31. The first-order valence-corrected chi connectivity index (χ1v) is 12.1. The standard InChI is InChI=1S/C26H39N/c1-17-16-18(27)14-15-19(17)20-8-2-5-11-23(20)26-24-12-6-3-9-21(24)22-10-4-7-13-25(22)26/h3,9,14-15,17-19,21-22,24-26H,2,4-8,10-13,16,27H2,1H3. The van der Waals surface area contributed by atoms with Gasteiger partial charge in [0.15, 0.2) is 0 Å².